The second-order valence-electron chi connectivity index (χ2n) is 6.33. The van der Waals surface area contributed by atoms with Gasteiger partial charge in [0.25, 0.3) is 0 Å². The molecule has 150 valence electrons. The molecule has 0 saturated carbocycles. The SMILES string of the molecule is COc1ccc(OCCNC(=O)CN(C(C)=O)c2cccc3cccnc23)cc1. The molecule has 0 aliphatic carbocycles. The van der Waals surface area contributed by atoms with Gasteiger partial charge in [-0.05, 0) is 36.4 Å². The standard InChI is InChI=1S/C22H23N3O4/c1-16(26)25(20-7-3-5-17-6-4-12-24-22(17)20)15-21(27)23-13-14-29-19-10-8-18(28-2)9-11-19/h3-12H,13-15H2,1-2H3,(H,23,27). The lowest BCUT2D eigenvalue weighted by molar-refractivity contribution is -0.123. The van der Waals surface area contributed by atoms with Gasteiger partial charge in [0, 0.05) is 18.5 Å². The lowest BCUT2D eigenvalue weighted by atomic mass is 10.1. The summed E-state index contributed by atoms with van der Waals surface area (Å²) in [5.41, 5.74) is 1.29. The molecule has 7 heteroatoms. The molecule has 0 fully saturated rings. The predicted molar refractivity (Wildman–Crippen MR) is 111 cm³/mol. The summed E-state index contributed by atoms with van der Waals surface area (Å²) < 4.78 is 10.7. The van der Waals surface area contributed by atoms with Crippen LogP contribution in [0.1, 0.15) is 6.92 Å². The number of aromatic nitrogens is 1. The van der Waals surface area contributed by atoms with Crippen molar-refractivity contribution in [2.75, 3.05) is 31.7 Å². The number of hydrogen-bond acceptors (Lipinski definition) is 5. The molecule has 0 aliphatic heterocycles. The van der Waals surface area contributed by atoms with E-state index in [1.54, 1.807) is 43.6 Å². The average molecular weight is 393 g/mol. The zero-order valence-corrected chi connectivity index (χ0v) is 16.4. The number of amides is 2. The number of ether oxygens (including phenoxy) is 2. The average Bonchev–Trinajstić information content (AvgIpc) is 2.75. The minimum atomic E-state index is -0.272. The maximum atomic E-state index is 12.4. The fraction of sp³-hybridized carbons (Fsp3) is 0.227. The largest absolute Gasteiger partial charge is 0.497 e. The summed E-state index contributed by atoms with van der Waals surface area (Å²) >= 11 is 0. The van der Waals surface area contributed by atoms with Gasteiger partial charge in [0.15, 0.2) is 0 Å². The number of hydrogen-bond donors (Lipinski definition) is 1. The minimum Gasteiger partial charge on any atom is -0.497 e. The predicted octanol–water partition coefficient (Wildman–Crippen LogP) is 2.79. The van der Waals surface area contributed by atoms with Crippen molar-refractivity contribution in [3.8, 4) is 11.5 Å². The first-order valence-electron chi connectivity index (χ1n) is 9.24. The van der Waals surface area contributed by atoms with Crippen LogP contribution >= 0.6 is 0 Å². The summed E-state index contributed by atoms with van der Waals surface area (Å²) in [6, 6.07) is 16.5. The highest BCUT2D eigenvalue weighted by atomic mass is 16.5. The molecule has 0 aliphatic rings. The molecule has 0 saturated heterocycles. The maximum Gasteiger partial charge on any atom is 0.240 e. The Hall–Kier alpha value is -3.61. The fourth-order valence-corrected chi connectivity index (χ4v) is 2.90. The van der Waals surface area contributed by atoms with Gasteiger partial charge in [0.1, 0.15) is 24.7 Å². The van der Waals surface area contributed by atoms with Crippen LogP contribution in [0.3, 0.4) is 0 Å². The van der Waals surface area contributed by atoms with Crippen molar-refractivity contribution in [3.63, 3.8) is 0 Å². The van der Waals surface area contributed by atoms with Crippen LogP contribution in [-0.2, 0) is 9.59 Å². The molecule has 0 bridgehead atoms. The van der Waals surface area contributed by atoms with Crippen molar-refractivity contribution in [2.24, 2.45) is 0 Å². The Balaban J connectivity index is 1.56. The van der Waals surface area contributed by atoms with Crippen LogP contribution in [0.4, 0.5) is 5.69 Å². The Bertz CT molecular complexity index is 984. The van der Waals surface area contributed by atoms with Gasteiger partial charge in [0.05, 0.1) is 24.9 Å². The number of pyridine rings is 1. The van der Waals surface area contributed by atoms with E-state index in [1.807, 2.05) is 24.3 Å². The molecule has 0 radical (unpaired) electrons. The van der Waals surface area contributed by atoms with E-state index in [2.05, 4.69) is 10.3 Å². The zero-order chi connectivity index (χ0) is 20.6. The van der Waals surface area contributed by atoms with Crippen LogP contribution in [0.15, 0.2) is 60.8 Å². The Labute approximate surface area is 169 Å². The molecule has 3 rings (SSSR count). The number of carbonyl (C=O) groups is 2. The smallest absolute Gasteiger partial charge is 0.240 e. The third-order valence-corrected chi connectivity index (χ3v) is 4.34. The van der Waals surface area contributed by atoms with E-state index in [0.29, 0.717) is 30.1 Å². The first kappa shape index (κ1) is 20.1. The second kappa shape index (κ2) is 9.54. The Morgan fingerprint density at radius 2 is 1.76 bits per heavy atom. The number of nitrogens with one attached hydrogen (secondary N) is 1. The third kappa shape index (κ3) is 5.22. The van der Waals surface area contributed by atoms with Gasteiger partial charge in [-0.1, -0.05) is 18.2 Å². The normalized spacial score (nSPS) is 10.4. The van der Waals surface area contributed by atoms with Crippen LogP contribution in [0.25, 0.3) is 10.9 Å². The topological polar surface area (TPSA) is 80.8 Å². The lowest BCUT2D eigenvalue weighted by Crippen LogP contribution is -2.41. The van der Waals surface area contributed by atoms with Gasteiger partial charge in [-0.2, -0.15) is 0 Å². The fourth-order valence-electron chi connectivity index (χ4n) is 2.90. The van der Waals surface area contributed by atoms with Crippen LogP contribution in [0, 0.1) is 0 Å². The van der Waals surface area contributed by atoms with Crippen molar-refractivity contribution in [1.29, 1.82) is 0 Å². The highest BCUT2D eigenvalue weighted by Gasteiger charge is 2.18. The van der Waals surface area contributed by atoms with E-state index in [-0.39, 0.29) is 18.4 Å². The summed E-state index contributed by atoms with van der Waals surface area (Å²) in [4.78, 5) is 30.3. The van der Waals surface area contributed by atoms with E-state index < -0.39 is 0 Å². The summed E-state index contributed by atoms with van der Waals surface area (Å²) in [6.45, 7) is 1.98. The number of para-hydroxylation sites is 1. The number of carbonyl (C=O) groups excluding carboxylic acids is 2. The molecule has 1 N–H and O–H groups in total. The molecule has 2 aromatic carbocycles. The van der Waals surface area contributed by atoms with Crippen LogP contribution in [0.5, 0.6) is 11.5 Å². The third-order valence-electron chi connectivity index (χ3n) is 4.34. The molecule has 0 unspecified atom stereocenters. The number of benzene rings is 2. The first-order valence-corrected chi connectivity index (χ1v) is 9.24. The van der Waals surface area contributed by atoms with E-state index in [9.17, 15) is 9.59 Å². The number of anilines is 1. The molecule has 7 nitrogen and oxygen atoms in total. The van der Waals surface area contributed by atoms with Crippen LogP contribution < -0.4 is 19.7 Å². The molecule has 0 atom stereocenters. The molecule has 29 heavy (non-hydrogen) atoms. The molecule has 0 spiro atoms. The van der Waals surface area contributed by atoms with E-state index in [4.69, 9.17) is 9.47 Å². The maximum absolute atomic E-state index is 12.4. The summed E-state index contributed by atoms with van der Waals surface area (Å²) in [5, 5.41) is 3.68. The highest BCUT2D eigenvalue weighted by molar-refractivity contribution is 6.04. The molecular weight excluding hydrogens is 370 g/mol. The molecule has 2 amide bonds. The van der Waals surface area contributed by atoms with Crippen LogP contribution in [0.2, 0.25) is 0 Å². The summed E-state index contributed by atoms with van der Waals surface area (Å²) in [7, 11) is 1.60. The van der Waals surface area contributed by atoms with E-state index in [0.717, 1.165) is 11.1 Å². The Kier molecular flexibility index (Phi) is 6.63. The number of rotatable bonds is 8. The highest BCUT2D eigenvalue weighted by Crippen LogP contribution is 2.24. The lowest BCUT2D eigenvalue weighted by Gasteiger charge is -2.21. The van der Waals surface area contributed by atoms with Gasteiger partial charge in [0.2, 0.25) is 11.8 Å². The molecule has 1 heterocycles. The van der Waals surface area contributed by atoms with Crippen molar-refractivity contribution < 1.29 is 19.1 Å². The van der Waals surface area contributed by atoms with E-state index in [1.165, 1.54) is 11.8 Å². The number of methoxy groups -OCH3 is 1. The monoisotopic (exact) mass is 393 g/mol. The summed E-state index contributed by atoms with van der Waals surface area (Å²) in [5.74, 6) is 0.935. The van der Waals surface area contributed by atoms with E-state index >= 15 is 0 Å². The molecule has 1 aromatic heterocycles. The minimum absolute atomic E-state index is 0.0897. The van der Waals surface area contributed by atoms with Crippen molar-refractivity contribution in [2.45, 2.75) is 6.92 Å². The van der Waals surface area contributed by atoms with Gasteiger partial charge in [-0.15, -0.1) is 0 Å². The van der Waals surface area contributed by atoms with Crippen molar-refractivity contribution in [1.82, 2.24) is 10.3 Å². The summed E-state index contributed by atoms with van der Waals surface area (Å²) in [6.07, 6.45) is 1.67. The Morgan fingerprint density at radius 1 is 1.03 bits per heavy atom. The van der Waals surface area contributed by atoms with Gasteiger partial charge < -0.3 is 19.7 Å². The van der Waals surface area contributed by atoms with Crippen LogP contribution in [-0.4, -0.2) is 43.6 Å². The molecule has 3 aromatic rings. The van der Waals surface area contributed by atoms with Gasteiger partial charge in [-0.3, -0.25) is 14.6 Å². The van der Waals surface area contributed by atoms with Crippen molar-refractivity contribution >= 4 is 28.4 Å². The first-order chi connectivity index (χ1) is 14.1. The zero-order valence-electron chi connectivity index (χ0n) is 16.4. The second-order valence-corrected chi connectivity index (χ2v) is 6.33. The molecular formula is C22H23N3O4. The van der Waals surface area contributed by atoms with Crippen molar-refractivity contribution in [3.05, 3.63) is 60.8 Å². The Morgan fingerprint density at radius 3 is 2.48 bits per heavy atom. The number of fused-ring (bicyclic) bond motifs is 1. The van der Waals surface area contributed by atoms with Gasteiger partial charge in [-0.25, -0.2) is 0 Å². The quantitative estimate of drug-likeness (QED) is 0.595. The number of nitrogens with zero attached hydrogens (tertiary/aromatic N) is 2. The van der Waals surface area contributed by atoms with Gasteiger partial charge >= 0.3 is 0 Å².